The molecule has 0 bridgehead atoms. The molecule has 0 saturated heterocycles. The molecule has 4 heteroatoms. The lowest BCUT2D eigenvalue weighted by Gasteiger charge is -2.20. The van der Waals surface area contributed by atoms with Crippen molar-refractivity contribution >= 4 is 15.9 Å². The topological polar surface area (TPSA) is 12.0 Å². The van der Waals surface area contributed by atoms with E-state index in [4.69, 9.17) is 0 Å². The minimum Gasteiger partial charge on any atom is -0.306 e. The summed E-state index contributed by atoms with van der Waals surface area (Å²) >= 11 is 3.26. The van der Waals surface area contributed by atoms with Crippen LogP contribution in [-0.2, 0) is 0 Å². The van der Waals surface area contributed by atoms with Crippen molar-refractivity contribution in [2.45, 2.75) is 13.0 Å². The van der Waals surface area contributed by atoms with Crippen LogP contribution in [0.5, 0.6) is 0 Å². The van der Waals surface area contributed by atoms with Gasteiger partial charge in [-0.1, -0.05) is 41.1 Å². The highest BCUT2D eigenvalue weighted by Crippen LogP contribution is 2.27. The SMILES string of the molecule is CCNC(c1cc(F)cc(Br)c1)c1ccccc1F. The molecule has 0 saturated carbocycles. The molecule has 1 unspecified atom stereocenters. The maximum Gasteiger partial charge on any atom is 0.128 e. The molecule has 1 atom stereocenters. The normalized spacial score (nSPS) is 12.4. The summed E-state index contributed by atoms with van der Waals surface area (Å²) in [4.78, 5) is 0. The van der Waals surface area contributed by atoms with Crippen molar-refractivity contribution in [3.05, 3.63) is 69.7 Å². The fourth-order valence-corrected chi connectivity index (χ4v) is 2.55. The molecule has 1 nitrogen and oxygen atoms in total. The monoisotopic (exact) mass is 325 g/mol. The number of benzene rings is 2. The van der Waals surface area contributed by atoms with E-state index in [0.29, 0.717) is 22.1 Å². The first-order valence-electron chi connectivity index (χ1n) is 6.05. The Kier molecular flexibility index (Phi) is 4.66. The van der Waals surface area contributed by atoms with Gasteiger partial charge >= 0.3 is 0 Å². The number of nitrogens with one attached hydrogen (secondary N) is 1. The van der Waals surface area contributed by atoms with Gasteiger partial charge in [0.2, 0.25) is 0 Å². The van der Waals surface area contributed by atoms with Gasteiger partial charge in [-0.25, -0.2) is 8.78 Å². The highest BCUT2D eigenvalue weighted by molar-refractivity contribution is 9.10. The molecule has 1 N–H and O–H groups in total. The van der Waals surface area contributed by atoms with Crippen molar-refractivity contribution in [2.24, 2.45) is 0 Å². The van der Waals surface area contributed by atoms with Gasteiger partial charge < -0.3 is 5.32 Å². The van der Waals surface area contributed by atoms with Crippen LogP contribution >= 0.6 is 15.9 Å². The van der Waals surface area contributed by atoms with Gasteiger partial charge in [-0.15, -0.1) is 0 Å². The Balaban J connectivity index is 2.48. The Labute approximate surface area is 119 Å². The highest BCUT2D eigenvalue weighted by atomic mass is 79.9. The van der Waals surface area contributed by atoms with E-state index < -0.39 is 0 Å². The highest BCUT2D eigenvalue weighted by Gasteiger charge is 2.17. The van der Waals surface area contributed by atoms with E-state index in [1.807, 2.05) is 6.92 Å². The lowest BCUT2D eigenvalue weighted by Crippen LogP contribution is -2.23. The lowest BCUT2D eigenvalue weighted by atomic mass is 9.98. The van der Waals surface area contributed by atoms with Crippen molar-refractivity contribution in [3.8, 4) is 0 Å². The van der Waals surface area contributed by atoms with Crippen LogP contribution < -0.4 is 5.32 Å². The van der Waals surface area contributed by atoms with Crippen LogP contribution in [0.4, 0.5) is 8.78 Å². The predicted octanol–water partition coefficient (Wildman–Crippen LogP) is 4.43. The van der Waals surface area contributed by atoms with Gasteiger partial charge in [-0.2, -0.15) is 0 Å². The minimum atomic E-state index is -0.363. The summed E-state index contributed by atoms with van der Waals surface area (Å²) in [5, 5.41) is 3.18. The zero-order chi connectivity index (χ0) is 13.8. The van der Waals surface area contributed by atoms with E-state index in [-0.39, 0.29) is 17.7 Å². The third-order valence-corrected chi connectivity index (χ3v) is 3.30. The summed E-state index contributed by atoms with van der Waals surface area (Å²) in [7, 11) is 0. The van der Waals surface area contributed by atoms with Gasteiger partial charge in [0.1, 0.15) is 11.6 Å². The molecule has 19 heavy (non-hydrogen) atoms. The molecule has 0 fully saturated rings. The zero-order valence-electron chi connectivity index (χ0n) is 10.5. The van der Waals surface area contributed by atoms with Gasteiger partial charge in [-0.05, 0) is 36.4 Å². The van der Waals surface area contributed by atoms with E-state index in [1.165, 1.54) is 18.2 Å². The molecule has 0 spiro atoms. The van der Waals surface area contributed by atoms with Gasteiger partial charge in [0, 0.05) is 10.0 Å². The van der Waals surface area contributed by atoms with E-state index >= 15 is 0 Å². The summed E-state index contributed by atoms with van der Waals surface area (Å²) in [6.07, 6.45) is 0. The third-order valence-electron chi connectivity index (χ3n) is 2.84. The molecule has 0 amide bonds. The van der Waals surface area contributed by atoms with Crippen molar-refractivity contribution in [2.75, 3.05) is 6.54 Å². The van der Waals surface area contributed by atoms with Crippen LogP contribution in [0.15, 0.2) is 46.9 Å². The molecule has 2 rings (SSSR count). The van der Waals surface area contributed by atoms with Crippen LogP contribution in [0.1, 0.15) is 24.1 Å². The molecule has 0 radical (unpaired) electrons. The molecule has 0 aromatic heterocycles. The number of hydrogen-bond donors (Lipinski definition) is 1. The standard InChI is InChI=1S/C15H14BrF2N/c1-2-19-15(13-5-3-4-6-14(13)18)10-7-11(16)9-12(17)8-10/h3-9,15,19H,2H2,1H3. The van der Waals surface area contributed by atoms with Gasteiger partial charge in [-0.3, -0.25) is 0 Å². The Morgan fingerprint density at radius 2 is 1.89 bits per heavy atom. The molecular weight excluding hydrogens is 312 g/mol. The van der Waals surface area contributed by atoms with Crippen LogP contribution in [-0.4, -0.2) is 6.54 Å². The Hall–Kier alpha value is -1.26. The first-order valence-corrected chi connectivity index (χ1v) is 6.85. The van der Waals surface area contributed by atoms with Crippen LogP contribution in [0.3, 0.4) is 0 Å². The average molecular weight is 326 g/mol. The molecule has 0 aliphatic rings. The fraction of sp³-hybridized carbons (Fsp3) is 0.200. The van der Waals surface area contributed by atoms with Gasteiger partial charge in [0.05, 0.1) is 6.04 Å². The largest absolute Gasteiger partial charge is 0.306 e. The van der Waals surface area contributed by atoms with Crippen molar-refractivity contribution in [1.29, 1.82) is 0 Å². The summed E-state index contributed by atoms with van der Waals surface area (Å²) in [6.45, 7) is 2.59. The Morgan fingerprint density at radius 1 is 1.16 bits per heavy atom. The second-order valence-electron chi connectivity index (χ2n) is 4.21. The molecule has 0 aliphatic carbocycles. The number of halogens is 3. The summed E-state index contributed by atoms with van der Waals surface area (Å²) < 4.78 is 28.0. The maximum absolute atomic E-state index is 13.9. The first kappa shape index (κ1) is 14.2. The Morgan fingerprint density at radius 3 is 2.53 bits per heavy atom. The number of hydrogen-bond acceptors (Lipinski definition) is 1. The summed E-state index contributed by atoms with van der Waals surface area (Å²) in [5.41, 5.74) is 1.21. The first-order chi connectivity index (χ1) is 9.11. The predicted molar refractivity (Wildman–Crippen MR) is 76.0 cm³/mol. The molecule has 0 aliphatic heterocycles. The van der Waals surface area contributed by atoms with Crippen molar-refractivity contribution < 1.29 is 8.78 Å². The lowest BCUT2D eigenvalue weighted by molar-refractivity contribution is 0.554. The molecule has 0 heterocycles. The molecular formula is C15H14BrF2N. The van der Waals surface area contributed by atoms with Crippen LogP contribution in [0.2, 0.25) is 0 Å². The summed E-state index contributed by atoms with van der Waals surface area (Å²) in [5.74, 6) is -0.641. The second kappa shape index (κ2) is 6.26. The Bertz CT molecular complexity index is 552. The van der Waals surface area contributed by atoms with Crippen molar-refractivity contribution in [3.63, 3.8) is 0 Å². The van der Waals surface area contributed by atoms with Crippen molar-refractivity contribution in [1.82, 2.24) is 5.32 Å². The average Bonchev–Trinajstić information content (AvgIpc) is 2.36. The van der Waals surface area contributed by atoms with Gasteiger partial charge in [0.25, 0.3) is 0 Å². The van der Waals surface area contributed by atoms with Crippen LogP contribution in [0.25, 0.3) is 0 Å². The zero-order valence-corrected chi connectivity index (χ0v) is 12.0. The quantitative estimate of drug-likeness (QED) is 0.877. The molecule has 100 valence electrons. The van der Waals surface area contributed by atoms with E-state index in [0.717, 1.165) is 0 Å². The fourth-order valence-electron chi connectivity index (χ4n) is 2.06. The minimum absolute atomic E-state index is 0.297. The third kappa shape index (κ3) is 3.39. The molecule has 2 aromatic rings. The number of rotatable bonds is 4. The second-order valence-corrected chi connectivity index (χ2v) is 5.13. The summed E-state index contributed by atoms with van der Waals surface area (Å²) in [6, 6.07) is 10.8. The van der Waals surface area contributed by atoms with Gasteiger partial charge in [0.15, 0.2) is 0 Å². The van der Waals surface area contributed by atoms with E-state index in [1.54, 1.807) is 24.3 Å². The van der Waals surface area contributed by atoms with Crippen LogP contribution in [0, 0.1) is 11.6 Å². The molecule has 2 aromatic carbocycles. The maximum atomic E-state index is 13.9. The smallest absolute Gasteiger partial charge is 0.128 e. The van der Waals surface area contributed by atoms with E-state index in [2.05, 4.69) is 21.2 Å². The van der Waals surface area contributed by atoms with E-state index in [9.17, 15) is 8.78 Å².